The number of fused-ring (bicyclic) bond motifs is 1. The molecule has 2 N–H and O–H groups in total. The molecule has 0 atom stereocenters. The standard InChI is InChI=1S/C18H23N3O2/c22-15(11-19-10-13-4-2-1-3-5-13)8-14-6-7-16-17(9-14)20-12-21-18(16)23/h6-7,9,12-13,19H,1-5,8,10-11H2,(H,20,21,23). The number of ketones is 1. The fraction of sp³-hybridized carbons (Fsp3) is 0.500. The maximum atomic E-state index is 12.1. The second-order valence-corrected chi connectivity index (χ2v) is 6.43. The van der Waals surface area contributed by atoms with Gasteiger partial charge in [-0.25, -0.2) is 4.98 Å². The van der Waals surface area contributed by atoms with Crippen molar-refractivity contribution in [1.82, 2.24) is 15.3 Å². The third-order valence-corrected chi connectivity index (χ3v) is 4.59. The summed E-state index contributed by atoms with van der Waals surface area (Å²) in [6.45, 7) is 1.36. The zero-order valence-electron chi connectivity index (χ0n) is 13.3. The molecule has 5 heteroatoms. The highest BCUT2D eigenvalue weighted by atomic mass is 16.1. The van der Waals surface area contributed by atoms with Crippen LogP contribution in [0.4, 0.5) is 0 Å². The molecule has 0 spiro atoms. The van der Waals surface area contributed by atoms with Gasteiger partial charge in [-0.15, -0.1) is 0 Å². The van der Waals surface area contributed by atoms with Crippen LogP contribution in [0.25, 0.3) is 10.9 Å². The van der Waals surface area contributed by atoms with Crippen LogP contribution in [0.3, 0.4) is 0 Å². The lowest BCUT2D eigenvalue weighted by atomic mass is 9.89. The number of aromatic amines is 1. The van der Waals surface area contributed by atoms with E-state index in [1.54, 1.807) is 6.07 Å². The van der Waals surface area contributed by atoms with E-state index < -0.39 is 0 Å². The van der Waals surface area contributed by atoms with Gasteiger partial charge in [0.15, 0.2) is 5.78 Å². The summed E-state index contributed by atoms with van der Waals surface area (Å²) >= 11 is 0. The fourth-order valence-electron chi connectivity index (χ4n) is 3.32. The Morgan fingerprint density at radius 2 is 2.09 bits per heavy atom. The molecule has 1 heterocycles. The van der Waals surface area contributed by atoms with E-state index in [9.17, 15) is 9.59 Å². The lowest BCUT2D eigenvalue weighted by molar-refractivity contribution is -0.117. The van der Waals surface area contributed by atoms with Crippen LogP contribution in [0.15, 0.2) is 29.3 Å². The average molecular weight is 313 g/mol. The first kappa shape index (κ1) is 15.9. The summed E-state index contributed by atoms with van der Waals surface area (Å²) in [4.78, 5) is 30.4. The van der Waals surface area contributed by atoms with Crippen LogP contribution in [0.1, 0.15) is 37.7 Å². The number of Topliss-reactive ketones (excluding diaryl/α,β-unsaturated/α-hetero) is 1. The van der Waals surface area contributed by atoms with Crippen molar-refractivity contribution in [3.63, 3.8) is 0 Å². The summed E-state index contributed by atoms with van der Waals surface area (Å²) in [5.41, 5.74) is 1.39. The minimum atomic E-state index is -0.151. The second kappa shape index (κ2) is 7.51. The van der Waals surface area contributed by atoms with Crippen LogP contribution in [0, 0.1) is 5.92 Å². The highest BCUT2D eigenvalue weighted by molar-refractivity contribution is 5.85. The molecule has 0 unspecified atom stereocenters. The lowest BCUT2D eigenvalue weighted by Crippen LogP contribution is -2.30. The minimum Gasteiger partial charge on any atom is -0.313 e. The van der Waals surface area contributed by atoms with Gasteiger partial charge >= 0.3 is 0 Å². The number of rotatable bonds is 6. The van der Waals surface area contributed by atoms with Gasteiger partial charge in [0.25, 0.3) is 5.56 Å². The summed E-state index contributed by atoms with van der Waals surface area (Å²) in [5, 5.41) is 3.86. The molecule has 0 bridgehead atoms. The lowest BCUT2D eigenvalue weighted by Gasteiger charge is -2.21. The number of benzene rings is 1. The van der Waals surface area contributed by atoms with Gasteiger partial charge in [0.1, 0.15) is 0 Å². The number of carbonyl (C=O) groups is 1. The number of hydrogen-bond donors (Lipinski definition) is 2. The molecule has 5 nitrogen and oxygen atoms in total. The second-order valence-electron chi connectivity index (χ2n) is 6.43. The number of hydrogen-bond acceptors (Lipinski definition) is 4. The molecule has 0 radical (unpaired) electrons. The molecule has 2 aromatic rings. The van der Waals surface area contributed by atoms with Crippen LogP contribution in [0.2, 0.25) is 0 Å². The molecule has 3 rings (SSSR count). The zero-order valence-corrected chi connectivity index (χ0v) is 13.3. The van der Waals surface area contributed by atoms with Crippen LogP contribution < -0.4 is 10.9 Å². The molecule has 0 aliphatic heterocycles. The first-order valence-electron chi connectivity index (χ1n) is 8.41. The molecule has 1 aromatic carbocycles. The van der Waals surface area contributed by atoms with Crippen molar-refractivity contribution in [2.24, 2.45) is 5.92 Å². The molecule has 0 amide bonds. The van der Waals surface area contributed by atoms with Crippen molar-refractivity contribution in [1.29, 1.82) is 0 Å². The maximum Gasteiger partial charge on any atom is 0.258 e. The molecule has 122 valence electrons. The van der Waals surface area contributed by atoms with E-state index in [2.05, 4.69) is 15.3 Å². The van der Waals surface area contributed by atoms with E-state index >= 15 is 0 Å². The Labute approximate surface area is 135 Å². The highest BCUT2D eigenvalue weighted by Gasteiger charge is 2.13. The van der Waals surface area contributed by atoms with Crippen molar-refractivity contribution in [2.75, 3.05) is 13.1 Å². The highest BCUT2D eigenvalue weighted by Crippen LogP contribution is 2.22. The molecule has 1 aromatic heterocycles. The maximum absolute atomic E-state index is 12.1. The zero-order chi connectivity index (χ0) is 16.1. The minimum absolute atomic E-state index is 0.151. The van der Waals surface area contributed by atoms with E-state index in [1.807, 2.05) is 12.1 Å². The van der Waals surface area contributed by atoms with Gasteiger partial charge in [-0.1, -0.05) is 25.3 Å². The van der Waals surface area contributed by atoms with Gasteiger partial charge < -0.3 is 10.3 Å². The van der Waals surface area contributed by atoms with E-state index in [0.717, 1.165) is 18.0 Å². The monoisotopic (exact) mass is 313 g/mol. The van der Waals surface area contributed by atoms with Crippen LogP contribution in [-0.2, 0) is 11.2 Å². The van der Waals surface area contributed by atoms with Crippen molar-refractivity contribution < 1.29 is 4.79 Å². The number of carbonyl (C=O) groups excluding carboxylic acids is 1. The molecule has 23 heavy (non-hydrogen) atoms. The molecular weight excluding hydrogens is 290 g/mol. The first-order chi connectivity index (χ1) is 11.2. The summed E-state index contributed by atoms with van der Waals surface area (Å²) in [5.74, 6) is 0.901. The van der Waals surface area contributed by atoms with Gasteiger partial charge in [-0.2, -0.15) is 0 Å². The Hall–Kier alpha value is -2.01. The largest absolute Gasteiger partial charge is 0.313 e. The van der Waals surface area contributed by atoms with Crippen molar-refractivity contribution in [2.45, 2.75) is 38.5 Å². The Balaban J connectivity index is 1.52. The normalized spacial score (nSPS) is 15.8. The Kier molecular flexibility index (Phi) is 5.18. The van der Waals surface area contributed by atoms with Crippen molar-refractivity contribution in [3.8, 4) is 0 Å². The van der Waals surface area contributed by atoms with Gasteiger partial charge in [-0.3, -0.25) is 9.59 Å². The summed E-state index contributed by atoms with van der Waals surface area (Å²) in [6.07, 6.45) is 8.34. The first-order valence-corrected chi connectivity index (χ1v) is 8.41. The molecule has 1 fully saturated rings. The number of nitrogens with zero attached hydrogens (tertiary/aromatic N) is 1. The van der Waals surface area contributed by atoms with Gasteiger partial charge in [0, 0.05) is 6.42 Å². The fourth-order valence-corrected chi connectivity index (χ4v) is 3.32. The molecule has 1 saturated carbocycles. The quantitative estimate of drug-likeness (QED) is 0.857. The van der Waals surface area contributed by atoms with E-state index in [-0.39, 0.29) is 11.3 Å². The molecule has 1 aliphatic carbocycles. The molecular formula is C18H23N3O2. The Morgan fingerprint density at radius 1 is 1.26 bits per heavy atom. The Morgan fingerprint density at radius 3 is 2.91 bits per heavy atom. The van der Waals surface area contributed by atoms with E-state index in [4.69, 9.17) is 0 Å². The smallest absolute Gasteiger partial charge is 0.258 e. The van der Waals surface area contributed by atoms with E-state index in [1.165, 1.54) is 38.4 Å². The number of H-pyrrole nitrogens is 1. The van der Waals surface area contributed by atoms with Crippen molar-refractivity contribution >= 4 is 16.7 Å². The third kappa shape index (κ3) is 4.26. The van der Waals surface area contributed by atoms with Crippen molar-refractivity contribution in [3.05, 3.63) is 40.4 Å². The molecule has 0 saturated heterocycles. The molecule has 1 aliphatic rings. The van der Waals surface area contributed by atoms with Crippen LogP contribution in [0.5, 0.6) is 0 Å². The predicted octanol–water partition coefficient (Wildman–Crippen LogP) is 2.20. The Bertz CT molecular complexity index is 732. The van der Waals surface area contributed by atoms with Gasteiger partial charge in [-0.05, 0) is 43.0 Å². The average Bonchev–Trinajstić information content (AvgIpc) is 2.56. The topological polar surface area (TPSA) is 74.8 Å². The predicted molar refractivity (Wildman–Crippen MR) is 90.5 cm³/mol. The number of aromatic nitrogens is 2. The summed E-state index contributed by atoms with van der Waals surface area (Å²) in [6, 6.07) is 5.39. The van der Waals surface area contributed by atoms with Crippen LogP contribution in [-0.4, -0.2) is 28.8 Å². The number of nitrogens with one attached hydrogen (secondary N) is 2. The van der Waals surface area contributed by atoms with Gasteiger partial charge in [0.05, 0.1) is 23.8 Å². The van der Waals surface area contributed by atoms with E-state index in [0.29, 0.717) is 23.9 Å². The summed E-state index contributed by atoms with van der Waals surface area (Å²) < 4.78 is 0. The third-order valence-electron chi connectivity index (χ3n) is 4.59. The van der Waals surface area contributed by atoms with Gasteiger partial charge in [0.2, 0.25) is 0 Å². The van der Waals surface area contributed by atoms with Crippen LogP contribution >= 0.6 is 0 Å². The summed E-state index contributed by atoms with van der Waals surface area (Å²) in [7, 11) is 0. The SMILES string of the molecule is O=C(CNCC1CCCCC1)Cc1ccc2c(=O)[nH]cnc2c1.